The number of phenolic OH excluding ortho intramolecular Hbond substituents is 1. The monoisotopic (exact) mass is 442 g/mol. The lowest BCUT2D eigenvalue weighted by Crippen LogP contribution is -2.00. The fourth-order valence-corrected chi connectivity index (χ4v) is 3.12. The zero-order valence-corrected chi connectivity index (χ0v) is 18.1. The second-order valence-corrected chi connectivity index (χ2v) is 7.27. The molecule has 7 heteroatoms. The van der Waals surface area contributed by atoms with Crippen LogP contribution in [-0.4, -0.2) is 27.9 Å². The number of hydrazone groups is 1. The van der Waals surface area contributed by atoms with Gasteiger partial charge in [-0.1, -0.05) is 37.3 Å². The van der Waals surface area contributed by atoms with E-state index in [4.69, 9.17) is 4.74 Å². The molecule has 1 aromatic heterocycles. The van der Waals surface area contributed by atoms with E-state index < -0.39 is 0 Å². The SMILES string of the molecule is CCCOc1ccc(C=NNc2nc(-c3ccccc3)cc(-c3ccc(F)cc3)n2)c(O)c1. The molecule has 33 heavy (non-hydrogen) atoms. The Labute approximate surface area is 191 Å². The topological polar surface area (TPSA) is 79.6 Å². The smallest absolute Gasteiger partial charge is 0.244 e. The van der Waals surface area contributed by atoms with Crippen molar-refractivity contribution in [3.63, 3.8) is 0 Å². The molecule has 6 nitrogen and oxygen atoms in total. The standard InChI is InChI=1S/C26H23FN4O2/c1-2-14-33-22-13-10-20(25(32)15-22)17-28-31-26-29-23(18-6-4-3-5-7-18)16-24(30-26)19-8-11-21(27)12-9-19/h3-13,15-17,32H,2,14H2,1H3,(H,29,30,31). The summed E-state index contributed by atoms with van der Waals surface area (Å²) in [4.78, 5) is 9.07. The summed E-state index contributed by atoms with van der Waals surface area (Å²) in [7, 11) is 0. The zero-order valence-electron chi connectivity index (χ0n) is 18.1. The van der Waals surface area contributed by atoms with Crippen molar-refractivity contribution in [3.8, 4) is 34.0 Å². The highest BCUT2D eigenvalue weighted by Gasteiger charge is 2.09. The van der Waals surface area contributed by atoms with Crippen molar-refractivity contribution >= 4 is 12.2 Å². The van der Waals surface area contributed by atoms with Gasteiger partial charge in [-0.2, -0.15) is 5.10 Å². The van der Waals surface area contributed by atoms with Gasteiger partial charge in [0.05, 0.1) is 24.2 Å². The first-order valence-electron chi connectivity index (χ1n) is 10.6. The number of halogens is 1. The molecule has 0 saturated carbocycles. The molecule has 4 aromatic rings. The summed E-state index contributed by atoms with van der Waals surface area (Å²) in [5.74, 6) is 0.613. The molecule has 1 heterocycles. The van der Waals surface area contributed by atoms with Crippen LogP contribution in [0.1, 0.15) is 18.9 Å². The number of anilines is 1. The van der Waals surface area contributed by atoms with Crippen molar-refractivity contribution in [2.45, 2.75) is 13.3 Å². The zero-order chi connectivity index (χ0) is 23.0. The van der Waals surface area contributed by atoms with E-state index in [0.29, 0.717) is 29.3 Å². The largest absolute Gasteiger partial charge is 0.507 e. The molecule has 0 bridgehead atoms. The van der Waals surface area contributed by atoms with E-state index in [1.807, 2.05) is 43.3 Å². The first-order valence-corrected chi connectivity index (χ1v) is 10.6. The molecule has 0 aliphatic heterocycles. The van der Waals surface area contributed by atoms with Gasteiger partial charge in [0.2, 0.25) is 5.95 Å². The molecular formula is C26H23FN4O2. The van der Waals surface area contributed by atoms with Crippen LogP contribution in [0.5, 0.6) is 11.5 Å². The van der Waals surface area contributed by atoms with Crippen molar-refractivity contribution in [3.05, 3.63) is 90.2 Å². The van der Waals surface area contributed by atoms with E-state index in [2.05, 4.69) is 20.5 Å². The van der Waals surface area contributed by atoms with Gasteiger partial charge < -0.3 is 9.84 Å². The van der Waals surface area contributed by atoms with Crippen LogP contribution in [0, 0.1) is 5.82 Å². The number of nitrogens with zero attached hydrogens (tertiary/aromatic N) is 3. The quantitative estimate of drug-likeness (QED) is 0.263. The van der Waals surface area contributed by atoms with Gasteiger partial charge >= 0.3 is 0 Å². The molecule has 0 aliphatic carbocycles. The summed E-state index contributed by atoms with van der Waals surface area (Å²) in [5.41, 5.74) is 6.34. The maximum Gasteiger partial charge on any atom is 0.244 e. The lowest BCUT2D eigenvalue weighted by Gasteiger charge is -2.09. The highest BCUT2D eigenvalue weighted by atomic mass is 19.1. The average molecular weight is 442 g/mol. The summed E-state index contributed by atoms with van der Waals surface area (Å²) in [6.07, 6.45) is 2.37. The van der Waals surface area contributed by atoms with Crippen LogP contribution >= 0.6 is 0 Å². The van der Waals surface area contributed by atoms with E-state index in [1.165, 1.54) is 18.3 Å². The molecule has 4 rings (SSSR count). The van der Waals surface area contributed by atoms with E-state index in [1.54, 1.807) is 30.3 Å². The molecule has 166 valence electrons. The average Bonchev–Trinajstić information content (AvgIpc) is 2.85. The maximum absolute atomic E-state index is 13.4. The highest BCUT2D eigenvalue weighted by Crippen LogP contribution is 2.26. The Morgan fingerprint density at radius 3 is 2.30 bits per heavy atom. The number of hydrogen-bond acceptors (Lipinski definition) is 6. The first-order chi connectivity index (χ1) is 16.1. The number of nitrogens with one attached hydrogen (secondary N) is 1. The molecule has 3 aromatic carbocycles. The third kappa shape index (κ3) is 5.71. The van der Waals surface area contributed by atoms with Crippen molar-refractivity contribution in [1.29, 1.82) is 0 Å². The summed E-state index contributed by atoms with van der Waals surface area (Å²) in [5, 5.41) is 14.4. The van der Waals surface area contributed by atoms with Gasteiger partial charge in [-0.05, 0) is 48.9 Å². The molecule has 0 atom stereocenters. The van der Waals surface area contributed by atoms with Crippen LogP contribution < -0.4 is 10.2 Å². The van der Waals surface area contributed by atoms with Gasteiger partial charge in [-0.3, -0.25) is 0 Å². The van der Waals surface area contributed by atoms with Gasteiger partial charge in [0.1, 0.15) is 17.3 Å². The lowest BCUT2D eigenvalue weighted by atomic mass is 10.1. The van der Waals surface area contributed by atoms with Gasteiger partial charge in [-0.25, -0.2) is 19.8 Å². The minimum atomic E-state index is -0.315. The molecular weight excluding hydrogens is 419 g/mol. The fraction of sp³-hybridized carbons (Fsp3) is 0.115. The maximum atomic E-state index is 13.4. The van der Waals surface area contributed by atoms with E-state index in [0.717, 1.165) is 17.5 Å². The first kappa shape index (κ1) is 22.0. The fourth-order valence-electron chi connectivity index (χ4n) is 3.12. The highest BCUT2D eigenvalue weighted by molar-refractivity contribution is 5.84. The van der Waals surface area contributed by atoms with E-state index >= 15 is 0 Å². The Bertz CT molecular complexity index is 1250. The molecule has 0 fully saturated rings. The van der Waals surface area contributed by atoms with Gasteiger partial charge in [-0.15, -0.1) is 0 Å². The van der Waals surface area contributed by atoms with Crippen LogP contribution in [0.3, 0.4) is 0 Å². The number of hydrogen-bond donors (Lipinski definition) is 2. The van der Waals surface area contributed by atoms with Gasteiger partial charge in [0, 0.05) is 22.8 Å². The number of aromatic hydroxyl groups is 1. The Hall–Kier alpha value is -4.26. The Morgan fingerprint density at radius 2 is 1.64 bits per heavy atom. The molecule has 0 aliphatic rings. The van der Waals surface area contributed by atoms with Gasteiger partial charge in [0.15, 0.2) is 0 Å². The minimum Gasteiger partial charge on any atom is -0.507 e. The van der Waals surface area contributed by atoms with Crippen LogP contribution in [0.25, 0.3) is 22.5 Å². The predicted molar refractivity (Wildman–Crippen MR) is 128 cm³/mol. The summed E-state index contributed by atoms with van der Waals surface area (Å²) < 4.78 is 18.9. The summed E-state index contributed by atoms with van der Waals surface area (Å²) >= 11 is 0. The van der Waals surface area contributed by atoms with Gasteiger partial charge in [0.25, 0.3) is 0 Å². The summed E-state index contributed by atoms with van der Waals surface area (Å²) in [6.45, 7) is 2.60. The Morgan fingerprint density at radius 1 is 0.939 bits per heavy atom. The van der Waals surface area contributed by atoms with Crippen molar-refractivity contribution in [2.75, 3.05) is 12.0 Å². The van der Waals surface area contributed by atoms with Crippen molar-refractivity contribution in [1.82, 2.24) is 9.97 Å². The molecule has 0 spiro atoms. The third-order valence-electron chi connectivity index (χ3n) is 4.78. The molecule has 0 unspecified atom stereocenters. The van der Waals surface area contributed by atoms with Crippen LogP contribution in [0.2, 0.25) is 0 Å². The number of rotatable bonds is 8. The number of ether oxygens (including phenoxy) is 1. The normalized spacial score (nSPS) is 11.0. The van der Waals surface area contributed by atoms with E-state index in [-0.39, 0.29) is 17.5 Å². The molecule has 2 N–H and O–H groups in total. The van der Waals surface area contributed by atoms with E-state index in [9.17, 15) is 9.50 Å². The second kappa shape index (κ2) is 10.4. The molecule has 0 radical (unpaired) electrons. The number of aromatic nitrogens is 2. The van der Waals surface area contributed by atoms with Crippen LogP contribution in [0.15, 0.2) is 84.0 Å². The Kier molecular flexibility index (Phi) is 6.90. The van der Waals surface area contributed by atoms with Crippen LogP contribution in [0.4, 0.5) is 10.3 Å². The predicted octanol–water partition coefficient (Wildman–Crippen LogP) is 5.89. The summed E-state index contributed by atoms with van der Waals surface area (Å²) in [6, 6.07) is 22.7. The number of phenols is 1. The second-order valence-electron chi connectivity index (χ2n) is 7.27. The van der Waals surface area contributed by atoms with Crippen molar-refractivity contribution < 1.29 is 14.2 Å². The van der Waals surface area contributed by atoms with Crippen LogP contribution in [-0.2, 0) is 0 Å². The van der Waals surface area contributed by atoms with Crippen molar-refractivity contribution in [2.24, 2.45) is 5.10 Å². The minimum absolute atomic E-state index is 0.0557. The number of benzene rings is 3. The lowest BCUT2D eigenvalue weighted by molar-refractivity contribution is 0.315. The molecule has 0 amide bonds. The third-order valence-corrected chi connectivity index (χ3v) is 4.78. The molecule has 0 saturated heterocycles. The Balaban J connectivity index is 1.60.